The third-order valence-corrected chi connectivity index (χ3v) is 5.71. The second-order valence-corrected chi connectivity index (χ2v) is 7.63. The first-order valence-corrected chi connectivity index (χ1v) is 10.2. The highest BCUT2D eigenvalue weighted by Crippen LogP contribution is 2.33. The molecule has 0 radical (unpaired) electrons. The Hall–Kier alpha value is -2.66. The van der Waals surface area contributed by atoms with E-state index in [1.165, 1.54) is 11.3 Å². The first-order chi connectivity index (χ1) is 13.2. The number of benzene rings is 2. The number of hydrogen-bond acceptors (Lipinski definition) is 4. The van der Waals surface area contributed by atoms with Crippen molar-refractivity contribution in [2.24, 2.45) is 0 Å². The lowest BCUT2D eigenvalue weighted by atomic mass is 10.1. The van der Waals surface area contributed by atoms with Crippen LogP contribution in [0.5, 0.6) is 0 Å². The van der Waals surface area contributed by atoms with Gasteiger partial charge in [-0.25, -0.2) is 0 Å². The smallest absolute Gasteiger partial charge is 0.259 e. The Morgan fingerprint density at radius 3 is 2.93 bits per heavy atom. The molecule has 27 heavy (non-hydrogen) atoms. The molecular weight excluding hydrogens is 356 g/mol. The van der Waals surface area contributed by atoms with Gasteiger partial charge in [0.25, 0.3) is 5.91 Å². The van der Waals surface area contributed by atoms with Crippen LogP contribution in [0.2, 0.25) is 0 Å². The summed E-state index contributed by atoms with van der Waals surface area (Å²) in [4.78, 5) is 16.2. The Bertz CT molecular complexity index is 966. The summed E-state index contributed by atoms with van der Waals surface area (Å²) in [5, 5.41) is 2.98. The number of carbonyl (C=O) groups excluding carboxylic acids is 1. The molecule has 0 aliphatic carbocycles. The van der Waals surface area contributed by atoms with Crippen molar-refractivity contribution in [3.05, 3.63) is 77.7 Å². The largest absolute Gasteiger partial charge is 0.467 e. The molecule has 0 fully saturated rings. The third kappa shape index (κ3) is 3.60. The second kappa shape index (κ2) is 7.53. The highest BCUT2D eigenvalue weighted by atomic mass is 32.2. The number of amides is 1. The summed E-state index contributed by atoms with van der Waals surface area (Å²) in [6.45, 7) is 2.79. The molecule has 3 aromatic rings. The molecule has 1 aliphatic rings. The Morgan fingerprint density at radius 1 is 1.22 bits per heavy atom. The van der Waals surface area contributed by atoms with Crippen LogP contribution in [-0.4, -0.2) is 18.2 Å². The van der Waals surface area contributed by atoms with Crippen molar-refractivity contribution in [2.75, 3.05) is 16.5 Å². The van der Waals surface area contributed by atoms with E-state index in [1.807, 2.05) is 30.5 Å². The van der Waals surface area contributed by atoms with Crippen LogP contribution in [0, 0.1) is 0 Å². The molecule has 1 unspecified atom stereocenters. The van der Waals surface area contributed by atoms with Gasteiger partial charge in [0, 0.05) is 22.3 Å². The summed E-state index contributed by atoms with van der Waals surface area (Å²) in [6.07, 6.45) is 4.62. The van der Waals surface area contributed by atoms with Gasteiger partial charge in [-0.3, -0.25) is 4.79 Å². The lowest BCUT2D eigenvalue weighted by molar-refractivity contribution is 0.102. The van der Waals surface area contributed by atoms with E-state index in [-0.39, 0.29) is 5.91 Å². The first-order valence-electron chi connectivity index (χ1n) is 9.02. The lowest BCUT2D eigenvalue weighted by Crippen LogP contribution is -2.29. The molecule has 0 bridgehead atoms. The van der Waals surface area contributed by atoms with Gasteiger partial charge in [0.2, 0.25) is 0 Å². The van der Waals surface area contributed by atoms with Crippen molar-refractivity contribution in [3.8, 4) is 0 Å². The molecule has 0 saturated carbocycles. The molecule has 1 atom stereocenters. The fourth-order valence-electron chi connectivity index (χ4n) is 3.59. The molecule has 138 valence electrons. The van der Waals surface area contributed by atoms with Crippen molar-refractivity contribution < 1.29 is 9.21 Å². The number of furan rings is 1. The molecule has 0 spiro atoms. The van der Waals surface area contributed by atoms with Crippen LogP contribution in [0.25, 0.3) is 0 Å². The first kappa shape index (κ1) is 17.7. The van der Waals surface area contributed by atoms with Crippen LogP contribution in [0.1, 0.15) is 28.6 Å². The highest BCUT2D eigenvalue weighted by Gasteiger charge is 2.28. The van der Waals surface area contributed by atoms with Gasteiger partial charge in [-0.15, -0.1) is 11.8 Å². The molecule has 1 N–H and O–H groups in total. The Kier molecular flexibility index (Phi) is 4.94. The van der Waals surface area contributed by atoms with Crippen LogP contribution in [0.4, 0.5) is 11.4 Å². The van der Waals surface area contributed by atoms with Gasteiger partial charge >= 0.3 is 0 Å². The quantitative estimate of drug-likeness (QED) is 0.620. The predicted molar refractivity (Wildman–Crippen MR) is 111 cm³/mol. The second-order valence-electron chi connectivity index (χ2n) is 6.75. The van der Waals surface area contributed by atoms with Crippen LogP contribution >= 0.6 is 11.8 Å². The summed E-state index contributed by atoms with van der Waals surface area (Å²) in [6, 6.07) is 18.4. The van der Waals surface area contributed by atoms with E-state index >= 15 is 0 Å². The molecular formula is C22H22N2O2S. The molecule has 0 saturated heterocycles. The molecule has 1 amide bonds. The maximum absolute atomic E-state index is 12.8. The summed E-state index contributed by atoms with van der Waals surface area (Å²) in [7, 11) is 0. The highest BCUT2D eigenvalue weighted by molar-refractivity contribution is 7.98. The fraction of sp³-hybridized carbons (Fsp3) is 0.227. The maximum atomic E-state index is 12.8. The van der Waals surface area contributed by atoms with E-state index in [4.69, 9.17) is 4.42 Å². The van der Waals surface area contributed by atoms with Gasteiger partial charge in [0.05, 0.1) is 18.4 Å². The third-order valence-electron chi connectivity index (χ3n) is 4.98. The van der Waals surface area contributed by atoms with E-state index in [9.17, 15) is 4.79 Å². The van der Waals surface area contributed by atoms with Crippen LogP contribution in [0.3, 0.4) is 0 Å². The minimum atomic E-state index is -0.142. The Balaban J connectivity index is 1.53. The Morgan fingerprint density at radius 2 is 2.07 bits per heavy atom. The van der Waals surface area contributed by atoms with Crippen LogP contribution in [-0.2, 0) is 13.0 Å². The summed E-state index contributed by atoms with van der Waals surface area (Å²) in [5.74, 6) is 0.550. The minimum Gasteiger partial charge on any atom is -0.467 e. The van der Waals surface area contributed by atoms with Crippen molar-refractivity contribution in [3.63, 3.8) is 0 Å². The number of fused-ring (bicyclic) bond motifs is 1. The van der Waals surface area contributed by atoms with Gasteiger partial charge in [-0.1, -0.05) is 24.3 Å². The van der Waals surface area contributed by atoms with E-state index in [2.05, 4.69) is 41.4 Å². The monoisotopic (exact) mass is 378 g/mol. The number of anilines is 2. The zero-order valence-corrected chi connectivity index (χ0v) is 16.3. The number of thioether (sulfide) groups is 1. The van der Waals surface area contributed by atoms with Gasteiger partial charge in [0.1, 0.15) is 5.76 Å². The van der Waals surface area contributed by atoms with Gasteiger partial charge in [-0.2, -0.15) is 0 Å². The van der Waals surface area contributed by atoms with Gasteiger partial charge in [-0.05, 0) is 55.5 Å². The lowest BCUT2D eigenvalue weighted by Gasteiger charge is -2.24. The zero-order chi connectivity index (χ0) is 18.8. The molecule has 4 nitrogen and oxygen atoms in total. The normalized spacial score (nSPS) is 15.6. The van der Waals surface area contributed by atoms with E-state index in [0.717, 1.165) is 17.0 Å². The van der Waals surface area contributed by atoms with E-state index in [0.29, 0.717) is 23.9 Å². The summed E-state index contributed by atoms with van der Waals surface area (Å²) >= 11 is 1.65. The van der Waals surface area contributed by atoms with E-state index in [1.54, 1.807) is 24.1 Å². The fourth-order valence-corrected chi connectivity index (χ4v) is 4.05. The average molecular weight is 378 g/mol. The number of carbonyl (C=O) groups is 1. The number of para-hydroxylation sites is 1. The van der Waals surface area contributed by atoms with Crippen molar-refractivity contribution in [1.29, 1.82) is 0 Å². The summed E-state index contributed by atoms with van der Waals surface area (Å²) < 4.78 is 5.69. The van der Waals surface area contributed by atoms with Crippen molar-refractivity contribution in [2.45, 2.75) is 30.8 Å². The minimum absolute atomic E-state index is 0.142. The van der Waals surface area contributed by atoms with E-state index < -0.39 is 0 Å². The zero-order valence-electron chi connectivity index (χ0n) is 15.4. The number of rotatable bonds is 5. The molecule has 2 aromatic carbocycles. The molecule has 1 aliphatic heterocycles. The molecule has 5 heteroatoms. The van der Waals surface area contributed by atoms with Crippen molar-refractivity contribution in [1.82, 2.24) is 0 Å². The Labute approximate surface area is 163 Å². The maximum Gasteiger partial charge on any atom is 0.259 e. The molecule has 2 heterocycles. The SMILES string of the molecule is CSc1cccc(NC(=O)c2ccoc2CN2c3ccccc3CC2C)c1. The predicted octanol–water partition coefficient (Wildman–Crippen LogP) is 5.21. The van der Waals surface area contributed by atoms with Gasteiger partial charge in [0.15, 0.2) is 0 Å². The number of hydrogen-bond donors (Lipinski definition) is 1. The van der Waals surface area contributed by atoms with Crippen molar-refractivity contribution >= 4 is 29.0 Å². The summed E-state index contributed by atoms with van der Waals surface area (Å²) in [5.41, 5.74) is 3.94. The average Bonchev–Trinajstić information content (AvgIpc) is 3.27. The number of nitrogens with one attached hydrogen (secondary N) is 1. The van der Waals surface area contributed by atoms with Crippen LogP contribution in [0.15, 0.2) is 70.2 Å². The standard InChI is InChI=1S/C22H22N2O2S/c1-15-12-16-6-3-4-9-20(16)24(15)14-21-19(10-11-26-21)22(25)23-17-7-5-8-18(13-17)27-2/h3-11,13,15H,12,14H2,1-2H3,(H,23,25). The topological polar surface area (TPSA) is 45.5 Å². The van der Waals surface area contributed by atoms with Gasteiger partial charge < -0.3 is 14.6 Å². The van der Waals surface area contributed by atoms with Crippen LogP contribution < -0.4 is 10.2 Å². The number of nitrogens with zero attached hydrogens (tertiary/aromatic N) is 1. The molecule has 4 rings (SSSR count). The molecule has 1 aromatic heterocycles.